The van der Waals surface area contributed by atoms with Gasteiger partial charge >= 0.3 is 0 Å². The Hall–Kier alpha value is -2.07. The molecule has 0 aliphatic carbocycles. The molecule has 110 valence electrons. The van der Waals surface area contributed by atoms with Crippen molar-refractivity contribution in [2.75, 3.05) is 6.61 Å². The first-order chi connectivity index (χ1) is 10.2. The number of pyridine rings is 1. The van der Waals surface area contributed by atoms with Gasteiger partial charge in [-0.2, -0.15) is 5.10 Å². The smallest absolute Gasteiger partial charge is 0.165 e. The average Bonchev–Trinajstić information content (AvgIpc) is 3.16. The summed E-state index contributed by atoms with van der Waals surface area (Å²) >= 11 is 0. The van der Waals surface area contributed by atoms with Crippen molar-refractivity contribution in [3.05, 3.63) is 18.6 Å². The fourth-order valence-electron chi connectivity index (χ4n) is 2.62. The fourth-order valence-corrected chi connectivity index (χ4v) is 2.62. The largest absolute Gasteiger partial charge is 0.394 e. The van der Waals surface area contributed by atoms with Crippen molar-refractivity contribution < 1.29 is 20.1 Å². The molecule has 0 saturated carbocycles. The van der Waals surface area contributed by atoms with Gasteiger partial charge in [0.05, 0.1) is 24.6 Å². The summed E-state index contributed by atoms with van der Waals surface area (Å²) in [5.41, 5.74) is 2.55. The summed E-state index contributed by atoms with van der Waals surface area (Å²) in [6, 6.07) is 1.79. The summed E-state index contributed by atoms with van der Waals surface area (Å²) in [5.74, 6) is 0. The molecular weight excluding hydrogens is 278 g/mol. The van der Waals surface area contributed by atoms with Crippen molar-refractivity contribution in [1.82, 2.24) is 24.7 Å². The molecule has 4 heterocycles. The molecule has 0 radical (unpaired) electrons. The van der Waals surface area contributed by atoms with Crippen molar-refractivity contribution in [3.63, 3.8) is 0 Å². The summed E-state index contributed by atoms with van der Waals surface area (Å²) in [5, 5.41) is 35.8. The Balaban J connectivity index is 1.83. The van der Waals surface area contributed by atoms with Crippen LogP contribution in [0.2, 0.25) is 0 Å². The lowest BCUT2D eigenvalue weighted by atomic mass is 10.1. The number of aromatic nitrogens is 5. The Morgan fingerprint density at radius 3 is 2.90 bits per heavy atom. The van der Waals surface area contributed by atoms with Crippen molar-refractivity contribution in [2.45, 2.75) is 24.5 Å². The monoisotopic (exact) mass is 291 g/mol. The van der Waals surface area contributed by atoms with Crippen LogP contribution in [0.4, 0.5) is 0 Å². The zero-order valence-electron chi connectivity index (χ0n) is 10.8. The van der Waals surface area contributed by atoms with E-state index in [4.69, 9.17) is 9.84 Å². The number of rotatable bonds is 2. The van der Waals surface area contributed by atoms with E-state index in [1.54, 1.807) is 16.8 Å². The molecule has 1 fully saturated rings. The van der Waals surface area contributed by atoms with Crippen LogP contribution >= 0.6 is 0 Å². The number of hydrogen-bond acceptors (Lipinski definition) is 7. The van der Waals surface area contributed by atoms with Crippen LogP contribution in [0, 0.1) is 0 Å². The number of aliphatic hydroxyl groups is 3. The van der Waals surface area contributed by atoms with Crippen LogP contribution in [0.5, 0.6) is 0 Å². The molecule has 4 N–H and O–H groups in total. The van der Waals surface area contributed by atoms with Crippen LogP contribution < -0.4 is 0 Å². The van der Waals surface area contributed by atoms with Crippen LogP contribution in [-0.2, 0) is 4.74 Å². The van der Waals surface area contributed by atoms with Gasteiger partial charge in [0.2, 0.25) is 0 Å². The number of hydrogen-bond donors (Lipinski definition) is 4. The quantitative estimate of drug-likeness (QED) is 0.472. The topological polar surface area (TPSA) is 129 Å². The normalized spacial score (nSPS) is 29.7. The lowest BCUT2D eigenvalue weighted by Crippen LogP contribution is -2.33. The standard InChI is InChI=1S/C12H13N5O4/c18-3-8-9(19)10(20)12(21-8)17-4-13-6-1-5-7(2-14-16-5)15-11(6)17/h1-2,4,8-10,12,18-20H,3H2,(H,14,16)/t8-,9-,10-,12-/m1/s1. The minimum absolute atomic E-state index is 0.374. The number of fused-ring (bicyclic) bond motifs is 2. The van der Waals surface area contributed by atoms with Crippen LogP contribution in [0.1, 0.15) is 6.23 Å². The van der Waals surface area contributed by atoms with Gasteiger partial charge in [-0.3, -0.25) is 9.67 Å². The van der Waals surface area contributed by atoms with E-state index >= 15 is 0 Å². The van der Waals surface area contributed by atoms with Gasteiger partial charge < -0.3 is 20.1 Å². The van der Waals surface area contributed by atoms with Crippen LogP contribution in [-0.4, -0.2) is 65.0 Å². The van der Waals surface area contributed by atoms with Crippen molar-refractivity contribution in [1.29, 1.82) is 0 Å². The third kappa shape index (κ3) is 1.75. The minimum atomic E-state index is -1.17. The first kappa shape index (κ1) is 12.7. The Morgan fingerprint density at radius 1 is 1.29 bits per heavy atom. The highest BCUT2D eigenvalue weighted by atomic mass is 16.6. The molecule has 9 heteroatoms. The highest BCUT2D eigenvalue weighted by molar-refractivity contribution is 5.86. The second-order valence-corrected chi connectivity index (χ2v) is 5.01. The SMILES string of the molecule is OC[C@H]1O[C@@H](n2cnc3cc4[nH]ncc4nc32)[C@H](O)[C@@H]1O. The summed E-state index contributed by atoms with van der Waals surface area (Å²) in [6.07, 6.45) is -0.927. The predicted molar refractivity (Wildman–Crippen MR) is 70.2 cm³/mol. The number of nitrogens with one attached hydrogen (secondary N) is 1. The Kier molecular flexibility index (Phi) is 2.69. The second-order valence-electron chi connectivity index (χ2n) is 5.01. The fraction of sp³-hybridized carbons (Fsp3) is 0.417. The maximum atomic E-state index is 10.1. The summed E-state index contributed by atoms with van der Waals surface area (Å²) in [6.45, 7) is -0.374. The molecule has 0 amide bonds. The molecule has 0 aromatic carbocycles. The number of H-pyrrole nitrogens is 1. The molecular formula is C12H13N5O4. The molecule has 3 aromatic heterocycles. The van der Waals surface area contributed by atoms with Crippen molar-refractivity contribution >= 4 is 22.2 Å². The average molecular weight is 291 g/mol. The van der Waals surface area contributed by atoms with E-state index in [9.17, 15) is 10.2 Å². The third-order valence-corrected chi connectivity index (χ3v) is 3.74. The molecule has 1 saturated heterocycles. The van der Waals surface area contributed by atoms with Gasteiger partial charge in [0.15, 0.2) is 11.9 Å². The Labute approximate surface area is 117 Å². The number of ether oxygens (including phenoxy) is 1. The van der Waals surface area contributed by atoms with E-state index < -0.39 is 24.5 Å². The lowest BCUT2D eigenvalue weighted by molar-refractivity contribution is -0.0510. The van der Waals surface area contributed by atoms with E-state index in [2.05, 4.69) is 20.2 Å². The first-order valence-corrected chi connectivity index (χ1v) is 6.48. The Morgan fingerprint density at radius 2 is 2.14 bits per heavy atom. The number of nitrogens with zero attached hydrogens (tertiary/aromatic N) is 4. The maximum Gasteiger partial charge on any atom is 0.165 e. The van der Waals surface area contributed by atoms with Crippen molar-refractivity contribution in [2.24, 2.45) is 0 Å². The van der Waals surface area contributed by atoms with Crippen LogP contribution in [0.15, 0.2) is 18.6 Å². The van der Waals surface area contributed by atoms with Crippen LogP contribution in [0.25, 0.3) is 22.2 Å². The zero-order valence-corrected chi connectivity index (χ0v) is 10.8. The van der Waals surface area contributed by atoms with Gasteiger partial charge in [0, 0.05) is 0 Å². The molecule has 1 aliphatic heterocycles. The van der Waals surface area contributed by atoms with E-state index in [-0.39, 0.29) is 6.61 Å². The van der Waals surface area contributed by atoms with Crippen LogP contribution in [0.3, 0.4) is 0 Å². The van der Waals surface area contributed by atoms with E-state index in [1.807, 2.05) is 0 Å². The van der Waals surface area contributed by atoms with Gasteiger partial charge in [-0.15, -0.1) is 0 Å². The van der Waals surface area contributed by atoms with E-state index in [1.165, 1.54) is 6.33 Å². The van der Waals surface area contributed by atoms with Gasteiger partial charge in [-0.05, 0) is 6.07 Å². The van der Waals surface area contributed by atoms with Gasteiger partial charge in [0.25, 0.3) is 0 Å². The summed E-state index contributed by atoms with van der Waals surface area (Å²) in [4.78, 5) is 8.64. The second kappa shape index (κ2) is 4.46. The summed E-state index contributed by atoms with van der Waals surface area (Å²) < 4.78 is 7.04. The molecule has 0 spiro atoms. The molecule has 0 bridgehead atoms. The molecule has 4 atom stereocenters. The van der Waals surface area contributed by atoms with E-state index in [0.717, 1.165) is 5.52 Å². The molecule has 21 heavy (non-hydrogen) atoms. The minimum Gasteiger partial charge on any atom is -0.394 e. The van der Waals surface area contributed by atoms with Gasteiger partial charge in [-0.25, -0.2) is 9.97 Å². The number of imidazole rings is 1. The number of aliphatic hydroxyl groups excluding tert-OH is 3. The highest BCUT2D eigenvalue weighted by Crippen LogP contribution is 2.31. The Bertz CT molecular complexity index is 799. The molecule has 4 rings (SSSR count). The molecule has 3 aromatic rings. The maximum absolute atomic E-state index is 10.1. The summed E-state index contributed by atoms with van der Waals surface area (Å²) in [7, 11) is 0. The molecule has 1 aliphatic rings. The van der Waals surface area contributed by atoms with Crippen molar-refractivity contribution in [3.8, 4) is 0 Å². The highest BCUT2D eigenvalue weighted by Gasteiger charge is 2.43. The van der Waals surface area contributed by atoms with Gasteiger partial charge in [-0.1, -0.05) is 0 Å². The predicted octanol–water partition coefficient (Wildman–Crippen LogP) is -1.08. The molecule has 0 unspecified atom stereocenters. The first-order valence-electron chi connectivity index (χ1n) is 6.48. The third-order valence-electron chi connectivity index (χ3n) is 3.74. The van der Waals surface area contributed by atoms with Gasteiger partial charge in [0.1, 0.15) is 29.3 Å². The zero-order chi connectivity index (χ0) is 14.6. The van der Waals surface area contributed by atoms with E-state index in [0.29, 0.717) is 16.7 Å². The number of aromatic amines is 1. The lowest BCUT2D eigenvalue weighted by Gasteiger charge is -2.16. The molecule has 9 nitrogen and oxygen atoms in total.